The second-order valence-corrected chi connectivity index (χ2v) is 9.91. The van der Waals surface area contributed by atoms with Gasteiger partial charge in [0, 0.05) is 69.9 Å². The average Bonchev–Trinajstić information content (AvgIpc) is 3.28. The highest BCUT2D eigenvalue weighted by Crippen LogP contribution is 2.39. The highest BCUT2D eigenvalue weighted by molar-refractivity contribution is 6.05. The van der Waals surface area contributed by atoms with Crippen molar-refractivity contribution in [2.24, 2.45) is 0 Å². The molecule has 0 spiro atoms. The lowest BCUT2D eigenvalue weighted by Gasteiger charge is -2.40. The molecule has 2 fully saturated rings. The Bertz CT molecular complexity index is 968. The summed E-state index contributed by atoms with van der Waals surface area (Å²) in [4.78, 5) is 32.3. The lowest BCUT2D eigenvalue weighted by Crippen LogP contribution is -2.52. The summed E-state index contributed by atoms with van der Waals surface area (Å²) in [7, 11) is 1.81. The fourth-order valence-electron chi connectivity index (χ4n) is 5.84. The predicted molar refractivity (Wildman–Crippen MR) is 132 cm³/mol. The van der Waals surface area contributed by atoms with Gasteiger partial charge in [0.1, 0.15) is 0 Å². The zero-order valence-electron chi connectivity index (χ0n) is 19.8. The van der Waals surface area contributed by atoms with E-state index in [1.807, 2.05) is 25.2 Å². The van der Waals surface area contributed by atoms with Crippen LogP contribution in [0, 0.1) is 0 Å². The number of carbonyl (C=O) groups excluding carboxylic acids is 2. The van der Waals surface area contributed by atoms with Crippen molar-refractivity contribution < 1.29 is 9.59 Å². The summed E-state index contributed by atoms with van der Waals surface area (Å²) in [5, 5.41) is 3.09. The Morgan fingerprint density at radius 3 is 2.67 bits per heavy atom. The molecule has 176 valence electrons. The van der Waals surface area contributed by atoms with Crippen LogP contribution in [0.3, 0.4) is 0 Å². The highest BCUT2D eigenvalue weighted by atomic mass is 16.2. The largest absolute Gasteiger partial charge is 0.351 e. The number of nitrogens with one attached hydrogen (secondary N) is 1. The normalized spacial score (nSPS) is 22.3. The van der Waals surface area contributed by atoms with E-state index in [9.17, 15) is 9.59 Å². The third-order valence-electron chi connectivity index (χ3n) is 7.89. The first-order valence-electron chi connectivity index (χ1n) is 12.6. The van der Waals surface area contributed by atoms with E-state index in [4.69, 9.17) is 0 Å². The molecule has 2 amide bonds. The van der Waals surface area contributed by atoms with E-state index in [-0.39, 0.29) is 11.8 Å². The third kappa shape index (κ3) is 4.78. The van der Waals surface area contributed by atoms with Gasteiger partial charge in [-0.05, 0) is 42.5 Å². The molecule has 1 saturated heterocycles. The standard InChI is InChI=1S/C27H36N4O2/c1-29-25-18-21(10-11-24(25)23-9-5-6-20(23)19-26(29)32)27(33)28-12-13-30-14-16-31(17-15-30)22-7-3-2-4-8-22/h5,9-11,18,22H,2-4,6-8,12-17,19H2,1H3,(H,28,33). The smallest absolute Gasteiger partial charge is 0.251 e. The lowest BCUT2D eigenvalue weighted by molar-refractivity contribution is -0.117. The molecule has 4 aliphatic rings. The first-order valence-corrected chi connectivity index (χ1v) is 12.6. The van der Waals surface area contributed by atoms with Crippen LogP contribution in [0.5, 0.6) is 0 Å². The second-order valence-electron chi connectivity index (χ2n) is 9.91. The van der Waals surface area contributed by atoms with Crippen molar-refractivity contribution in [2.75, 3.05) is 51.2 Å². The van der Waals surface area contributed by atoms with Crippen LogP contribution in [0.4, 0.5) is 5.69 Å². The SMILES string of the molecule is CN1C(=O)CC2=C(C=CC2)c2ccc(C(=O)NCCN3CCN(C4CCCCC4)CC3)cc21. The highest BCUT2D eigenvalue weighted by Gasteiger charge is 2.27. The molecule has 2 aliphatic heterocycles. The Balaban J connectivity index is 1.15. The number of nitrogens with zero attached hydrogens (tertiary/aromatic N) is 3. The molecule has 2 aliphatic carbocycles. The van der Waals surface area contributed by atoms with Crippen LogP contribution in [0.15, 0.2) is 35.9 Å². The van der Waals surface area contributed by atoms with Crippen molar-refractivity contribution in [1.29, 1.82) is 0 Å². The van der Waals surface area contributed by atoms with Gasteiger partial charge in [0.2, 0.25) is 5.91 Å². The average molecular weight is 449 g/mol. The van der Waals surface area contributed by atoms with Gasteiger partial charge in [0.25, 0.3) is 5.91 Å². The van der Waals surface area contributed by atoms with E-state index in [0.717, 1.165) is 62.0 Å². The Kier molecular flexibility index (Phi) is 6.65. The molecule has 1 aromatic rings. The minimum Gasteiger partial charge on any atom is -0.351 e. The number of hydrogen-bond donors (Lipinski definition) is 1. The Labute approximate surface area is 197 Å². The summed E-state index contributed by atoms with van der Waals surface area (Å²) in [5.74, 6) is 0.00906. The molecular formula is C27H36N4O2. The van der Waals surface area contributed by atoms with Crippen LogP contribution < -0.4 is 10.2 Å². The van der Waals surface area contributed by atoms with Gasteiger partial charge in [-0.2, -0.15) is 0 Å². The maximum Gasteiger partial charge on any atom is 0.251 e. The summed E-state index contributed by atoms with van der Waals surface area (Å²) >= 11 is 0. The topological polar surface area (TPSA) is 55.9 Å². The van der Waals surface area contributed by atoms with Crippen molar-refractivity contribution in [3.05, 3.63) is 47.1 Å². The number of carbonyl (C=O) groups is 2. The molecule has 0 aromatic heterocycles. The van der Waals surface area contributed by atoms with Crippen LogP contribution in [-0.2, 0) is 4.79 Å². The number of benzene rings is 1. The Hall–Kier alpha value is -2.44. The summed E-state index contributed by atoms with van der Waals surface area (Å²) < 4.78 is 0. The van der Waals surface area contributed by atoms with Crippen LogP contribution in [0.25, 0.3) is 5.57 Å². The molecule has 0 unspecified atom stereocenters. The number of anilines is 1. The van der Waals surface area contributed by atoms with Gasteiger partial charge in [0.05, 0.1) is 5.69 Å². The predicted octanol–water partition coefficient (Wildman–Crippen LogP) is 3.45. The quantitative estimate of drug-likeness (QED) is 0.750. The molecule has 6 heteroatoms. The van der Waals surface area contributed by atoms with Gasteiger partial charge >= 0.3 is 0 Å². The monoisotopic (exact) mass is 448 g/mol. The molecular weight excluding hydrogens is 412 g/mol. The molecule has 0 bridgehead atoms. The second kappa shape index (κ2) is 9.82. The zero-order valence-corrected chi connectivity index (χ0v) is 19.8. The van der Waals surface area contributed by atoms with Gasteiger partial charge in [-0.3, -0.25) is 19.4 Å². The number of piperazine rings is 1. The van der Waals surface area contributed by atoms with Crippen LogP contribution in [-0.4, -0.2) is 74.0 Å². The Morgan fingerprint density at radius 1 is 1.09 bits per heavy atom. The molecule has 33 heavy (non-hydrogen) atoms. The van der Waals surface area contributed by atoms with Crippen molar-refractivity contribution in [3.8, 4) is 0 Å². The van der Waals surface area contributed by atoms with Gasteiger partial charge < -0.3 is 10.2 Å². The zero-order chi connectivity index (χ0) is 22.8. The van der Waals surface area contributed by atoms with Gasteiger partial charge in [-0.15, -0.1) is 0 Å². The third-order valence-corrected chi connectivity index (χ3v) is 7.89. The van der Waals surface area contributed by atoms with Crippen molar-refractivity contribution in [2.45, 2.75) is 51.0 Å². The van der Waals surface area contributed by atoms with Crippen molar-refractivity contribution >= 4 is 23.1 Å². The van der Waals surface area contributed by atoms with E-state index in [1.54, 1.807) is 4.90 Å². The maximum absolute atomic E-state index is 12.9. The molecule has 6 nitrogen and oxygen atoms in total. The van der Waals surface area contributed by atoms with E-state index in [1.165, 1.54) is 37.7 Å². The molecule has 1 aromatic carbocycles. The first-order chi connectivity index (χ1) is 16.1. The van der Waals surface area contributed by atoms with Crippen LogP contribution in [0.1, 0.15) is 60.9 Å². The summed E-state index contributed by atoms with van der Waals surface area (Å²) in [6.07, 6.45) is 12.4. The van der Waals surface area contributed by atoms with Gasteiger partial charge in [0.15, 0.2) is 0 Å². The molecule has 2 heterocycles. The van der Waals surface area contributed by atoms with E-state index < -0.39 is 0 Å². The fourth-order valence-corrected chi connectivity index (χ4v) is 5.84. The summed E-state index contributed by atoms with van der Waals surface area (Å²) in [6, 6.07) is 6.55. The number of hydrogen-bond acceptors (Lipinski definition) is 4. The van der Waals surface area contributed by atoms with E-state index in [2.05, 4.69) is 27.3 Å². The minimum absolute atomic E-state index is 0.0695. The van der Waals surface area contributed by atoms with E-state index >= 15 is 0 Å². The fraction of sp³-hybridized carbons (Fsp3) is 0.556. The van der Waals surface area contributed by atoms with E-state index in [0.29, 0.717) is 18.5 Å². The van der Waals surface area contributed by atoms with Crippen LogP contribution >= 0.6 is 0 Å². The van der Waals surface area contributed by atoms with Crippen molar-refractivity contribution in [3.63, 3.8) is 0 Å². The lowest BCUT2D eigenvalue weighted by atomic mass is 9.94. The molecule has 5 rings (SSSR count). The molecule has 0 radical (unpaired) electrons. The minimum atomic E-state index is -0.0695. The molecule has 1 N–H and O–H groups in total. The number of amides is 2. The first kappa shape index (κ1) is 22.4. The van der Waals surface area contributed by atoms with Crippen molar-refractivity contribution in [1.82, 2.24) is 15.1 Å². The van der Waals surface area contributed by atoms with Gasteiger partial charge in [-0.25, -0.2) is 0 Å². The van der Waals surface area contributed by atoms with Gasteiger partial charge in [-0.1, -0.05) is 37.5 Å². The Morgan fingerprint density at radius 2 is 1.88 bits per heavy atom. The number of fused-ring (bicyclic) bond motifs is 2. The molecule has 1 saturated carbocycles. The van der Waals surface area contributed by atoms with Crippen LogP contribution in [0.2, 0.25) is 0 Å². The summed E-state index contributed by atoms with van der Waals surface area (Å²) in [6.45, 7) is 6.00. The molecule has 0 atom stereocenters. The number of rotatable bonds is 5. The number of allylic oxidation sites excluding steroid dienone is 3. The maximum atomic E-state index is 12.9. The summed E-state index contributed by atoms with van der Waals surface area (Å²) in [5.41, 5.74) is 4.79.